The summed E-state index contributed by atoms with van der Waals surface area (Å²) < 4.78 is 0. The van der Waals surface area contributed by atoms with Crippen molar-refractivity contribution >= 4 is 41.0 Å². The molecule has 21 heavy (non-hydrogen) atoms. The Morgan fingerprint density at radius 2 is 1.90 bits per heavy atom. The fourth-order valence-corrected chi connectivity index (χ4v) is 2.63. The quantitative estimate of drug-likeness (QED) is 0.573. The molecular formula is C13H13Cl2N3O3. The summed E-state index contributed by atoms with van der Waals surface area (Å²) in [5.41, 5.74) is 0.861. The molecule has 1 aliphatic rings. The smallest absolute Gasteiger partial charge is 0.322 e. The number of carbonyl (C=O) groups excluding carboxylic acids is 3. The second kappa shape index (κ2) is 6.32. The van der Waals surface area contributed by atoms with Crippen molar-refractivity contribution in [2.24, 2.45) is 0 Å². The topological polar surface area (TPSA) is 87.3 Å². The Balaban J connectivity index is 1.95. The Bertz CT molecular complexity index is 586. The zero-order valence-corrected chi connectivity index (χ0v) is 12.6. The molecule has 6 nitrogen and oxygen atoms in total. The molecule has 0 saturated carbocycles. The zero-order chi connectivity index (χ0) is 15.6. The highest BCUT2D eigenvalue weighted by Crippen LogP contribution is 2.20. The summed E-state index contributed by atoms with van der Waals surface area (Å²) in [4.78, 5) is 34.2. The van der Waals surface area contributed by atoms with Crippen LogP contribution in [0.15, 0.2) is 18.2 Å². The van der Waals surface area contributed by atoms with Crippen LogP contribution in [0.25, 0.3) is 0 Å². The van der Waals surface area contributed by atoms with Gasteiger partial charge in [-0.15, -0.1) is 0 Å². The van der Waals surface area contributed by atoms with E-state index in [-0.39, 0.29) is 6.04 Å². The van der Waals surface area contributed by atoms with Gasteiger partial charge in [0.05, 0.1) is 0 Å². The Morgan fingerprint density at radius 1 is 1.29 bits per heavy atom. The Hall–Kier alpha value is -1.79. The lowest BCUT2D eigenvalue weighted by Crippen LogP contribution is -2.48. The fourth-order valence-electron chi connectivity index (χ4n) is 2.06. The number of nitrogens with one attached hydrogen (secondary N) is 3. The third-order valence-electron chi connectivity index (χ3n) is 2.89. The molecule has 8 heteroatoms. The van der Waals surface area contributed by atoms with Gasteiger partial charge in [-0.05, 0) is 37.1 Å². The number of carbonyl (C=O) groups is 3. The van der Waals surface area contributed by atoms with E-state index in [1.165, 1.54) is 0 Å². The van der Waals surface area contributed by atoms with E-state index in [0.717, 1.165) is 5.56 Å². The van der Waals surface area contributed by atoms with E-state index < -0.39 is 23.9 Å². The van der Waals surface area contributed by atoms with E-state index in [4.69, 9.17) is 23.2 Å². The van der Waals surface area contributed by atoms with Gasteiger partial charge in [0.15, 0.2) is 6.04 Å². The molecule has 0 radical (unpaired) electrons. The molecule has 0 aliphatic carbocycles. The van der Waals surface area contributed by atoms with Crippen molar-refractivity contribution in [2.75, 3.05) is 0 Å². The molecular weight excluding hydrogens is 317 g/mol. The van der Waals surface area contributed by atoms with E-state index in [9.17, 15) is 14.4 Å². The normalized spacial score (nSPS) is 18.9. The van der Waals surface area contributed by atoms with Crippen LogP contribution >= 0.6 is 23.2 Å². The molecule has 0 bridgehead atoms. The van der Waals surface area contributed by atoms with E-state index >= 15 is 0 Å². The molecule has 1 fully saturated rings. The predicted octanol–water partition coefficient (Wildman–Crippen LogP) is 1.25. The van der Waals surface area contributed by atoms with Gasteiger partial charge in [-0.2, -0.15) is 0 Å². The van der Waals surface area contributed by atoms with Gasteiger partial charge in [0, 0.05) is 16.1 Å². The Morgan fingerprint density at radius 3 is 2.43 bits per heavy atom. The zero-order valence-electron chi connectivity index (χ0n) is 11.1. The molecule has 112 valence electrons. The van der Waals surface area contributed by atoms with Crippen LogP contribution in [-0.4, -0.2) is 29.9 Å². The number of amides is 4. The van der Waals surface area contributed by atoms with Gasteiger partial charge >= 0.3 is 6.03 Å². The van der Waals surface area contributed by atoms with Crippen LogP contribution in [0.1, 0.15) is 12.5 Å². The molecule has 0 spiro atoms. The van der Waals surface area contributed by atoms with Gasteiger partial charge in [0.1, 0.15) is 0 Å². The van der Waals surface area contributed by atoms with E-state index in [1.807, 2.05) is 5.32 Å². The van der Waals surface area contributed by atoms with Gasteiger partial charge in [-0.25, -0.2) is 4.79 Å². The number of hydrogen-bond acceptors (Lipinski definition) is 3. The van der Waals surface area contributed by atoms with E-state index in [0.29, 0.717) is 16.5 Å². The molecule has 3 N–H and O–H groups in total. The molecule has 1 saturated heterocycles. The highest BCUT2D eigenvalue weighted by Gasteiger charge is 2.35. The summed E-state index contributed by atoms with van der Waals surface area (Å²) >= 11 is 11.8. The Kier molecular flexibility index (Phi) is 4.69. The summed E-state index contributed by atoms with van der Waals surface area (Å²) in [6, 6.07) is 3.00. The Labute approximate surface area is 131 Å². The van der Waals surface area contributed by atoms with Gasteiger partial charge in [0.25, 0.3) is 11.8 Å². The fraction of sp³-hybridized carbons (Fsp3) is 0.308. The second-order valence-corrected chi connectivity index (χ2v) is 5.66. The van der Waals surface area contributed by atoms with Crippen molar-refractivity contribution in [3.05, 3.63) is 33.8 Å². The first-order valence-electron chi connectivity index (χ1n) is 6.22. The predicted molar refractivity (Wildman–Crippen MR) is 78.2 cm³/mol. The van der Waals surface area contributed by atoms with Crippen LogP contribution in [0, 0.1) is 0 Å². The van der Waals surface area contributed by atoms with Gasteiger partial charge in [-0.3, -0.25) is 14.9 Å². The highest BCUT2D eigenvalue weighted by molar-refractivity contribution is 6.34. The third kappa shape index (κ3) is 4.09. The van der Waals surface area contributed by atoms with Crippen molar-refractivity contribution in [1.82, 2.24) is 16.0 Å². The number of imide groups is 1. The van der Waals surface area contributed by atoms with Crippen molar-refractivity contribution in [1.29, 1.82) is 0 Å². The minimum absolute atomic E-state index is 0.252. The first-order chi connectivity index (χ1) is 9.85. The average Bonchev–Trinajstić information content (AvgIpc) is 2.66. The lowest BCUT2D eigenvalue weighted by molar-refractivity contribution is -0.130. The largest absolute Gasteiger partial charge is 0.351 e. The number of rotatable bonds is 4. The molecule has 4 amide bonds. The minimum atomic E-state index is -1.19. The number of benzene rings is 1. The van der Waals surface area contributed by atoms with Crippen LogP contribution < -0.4 is 16.0 Å². The van der Waals surface area contributed by atoms with Gasteiger partial charge in [0.2, 0.25) is 0 Å². The minimum Gasteiger partial charge on any atom is -0.351 e. The van der Waals surface area contributed by atoms with Gasteiger partial charge < -0.3 is 10.6 Å². The van der Waals surface area contributed by atoms with Crippen LogP contribution in [0.2, 0.25) is 10.0 Å². The molecule has 2 atom stereocenters. The first-order valence-corrected chi connectivity index (χ1v) is 6.97. The highest BCUT2D eigenvalue weighted by atomic mass is 35.5. The maximum atomic E-state index is 11.9. The third-order valence-corrected chi connectivity index (χ3v) is 3.33. The van der Waals surface area contributed by atoms with Gasteiger partial charge in [-0.1, -0.05) is 23.2 Å². The summed E-state index contributed by atoms with van der Waals surface area (Å²) in [6.45, 7) is 1.78. The summed E-state index contributed by atoms with van der Waals surface area (Å²) in [5.74, 6) is -1.21. The molecule has 1 aromatic carbocycles. The van der Waals surface area contributed by atoms with Crippen LogP contribution in [0.4, 0.5) is 4.79 Å². The molecule has 2 unspecified atom stereocenters. The van der Waals surface area contributed by atoms with Crippen LogP contribution in [0.5, 0.6) is 0 Å². The van der Waals surface area contributed by atoms with Crippen LogP contribution in [-0.2, 0) is 16.0 Å². The maximum Gasteiger partial charge on any atom is 0.322 e. The lowest BCUT2D eigenvalue weighted by atomic mass is 10.1. The van der Waals surface area contributed by atoms with Crippen molar-refractivity contribution < 1.29 is 14.4 Å². The number of hydrogen-bond donors (Lipinski definition) is 3. The molecule has 2 rings (SSSR count). The molecule has 0 aromatic heterocycles. The molecule has 1 aliphatic heterocycles. The van der Waals surface area contributed by atoms with Crippen molar-refractivity contribution in [3.63, 3.8) is 0 Å². The monoisotopic (exact) mass is 329 g/mol. The molecule has 1 aromatic rings. The number of urea groups is 1. The first kappa shape index (κ1) is 15.6. The van der Waals surface area contributed by atoms with E-state index in [2.05, 4.69) is 10.6 Å². The second-order valence-electron chi connectivity index (χ2n) is 4.79. The average molecular weight is 330 g/mol. The summed E-state index contributed by atoms with van der Waals surface area (Å²) in [5, 5.41) is 7.92. The lowest BCUT2D eigenvalue weighted by Gasteiger charge is -2.16. The number of halogens is 2. The van der Waals surface area contributed by atoms with Crippen molar-refractivity contribution in [3.8, 4) is 0 Å². The SMILES string of the molecule is CC(Cc1cc(Cl)cc(Cl)c1)NC(=O)C1NC(=O)NC1=O. The maximum absolute atomic E-state index is 11.9. The van der Waals surface area contributed by atoms with Crippen LogP contribution in [0.3, 0.4) is 0 Å². The summed E-state index contributed by atoms with van der Waals surface area (Å²) in [7, 11) is 0. The molecule has 1 heterocycles. The van der Waals surface area contributed by atoms with E-state index in [1.54, 1.807) is 25.1 Å². The summed E-state index contributed by atoms with van der Waals surface area (Å²) in [6.07, 6.45) is 0.494. The standard InChI is InChI=1S/C13H13Cl2N3O3/c1-6(2-7-3-8(14)5-9(15)4-7)16-11(19)10-12(20)18-13(21)17-10/h3-6,10H,2H2,1H3,(H,16,19)(H2,17,18,20,21). The van der Waals surface area contributed by atoms with Crippen molar-refractivity contribution in [2.45, 2.75) is 25.4 Å².